The first-order valence-corrected chi connectivity index (χ1v) is 13.7. The van der Waals surface area contributed by atoms with Gasteiger partial charge in [0, 0.05) is 26.3 Å². The van der Waals surface area contributed by atoms with Gasteiger partial charge in [0.05, 0.1) is 11.4 Å². The lowest BCUT2D eigenvalue weighted by Crippen LogP contribution is -2.26. The minimum atomic E-state index is -4.18. The van der Waals surface area contributed by atoms with Crippen molar-refractivity contribution in [1.82, 2.24) is 9.78 Å². The van der Waals surface area contributed by atoms with E-state index in [4.69, 9.17) is 28.9 Å². The van der Waals surface area contributed by atoms with Crippen LogP contribution in [0.3, 0.4) is 0 Å². The van der Waals surface area contributed by atoms with Gasteiger partial charge in [-0.2, -0.15) is 18.2 Å². The number of nitrogens with zero attached hydrogens (tertiary/aromatic N) is 3. The van der Waals surface area contributed by atoms with Crippen LogP contribution in [-0.2, 0) is 15.8 Å². The molecule has 4 aromatic rings. The van der Waals surface area contributed by atoms with Crippen molar-refractivity contribution in [2.24, 2.45) is 10.1 Å². The van der Waals surface area contributed by atoms with E-state index >= 15 is 0 Å². The van der Waals surface area contributed by atoms with Crippen LogP contribution in [0.4, 0.5) is 0 Å². The first-order chi connectivity index (χ1) is 16.6. The summed E-state index contributed by atoms with van der Waals surface area (Å²) < 4.78 is 32.1. The molecular formula is C25H22Cl2N4O2S2. The third-order valence-corrected chi connectivity index (χ3v) is 8.34. The maximum absolute atomic E-state index is 13.4. The number of hydrogen-bond acceptors (Lipinski definition) is 4. The summed E-state index contributed by atoms with van der Waals surface area (Å²) >= 11 is 13.7. The fourth-order valence-electron chi connectivity index (χ4n) is 3.44. The van der Waals surface area contributed by atoms with Crippen LogP contribution < -0.4 is 5.73 Å². The van der Waals surface area contributed by atoms with Crippen molar-refractivity contribution in [2.75, 3.05) is 0 Å². The van der Waals surface area contributed by atoms with E-state index in [0.717, 1.165) is 11.1 Å². The fraction of sp³-hybridized carbons (Fsp3) is 0.120. The molecule has 3 aromatic carbocycles. The number of aryl methyl sites for hydroxylation is 2. The zero-order chi connectivity index (χ0) is 25.2. The summed E-state index contributed by atoms with van der Waals surface area (Å²) in [4.78, 5) is 0.497. The average molecular weight is 546 g/mol. The normalized spacial score (nSPS) is 12.2. The van der Waals surface area contributed by atoms with Gasteiger partial charge >= 0.3 is 0 Å². The SMILES string of the molecule is Cc1cc(-c2ccccc2)n(C(N)=NS(=O)(=O)c2cc(C)c(Cl)cc2SCc2cccc(Cl)c2)n1. The summed E-state index contributed by atoms with van der Waals surface area (Å²) in [6, 6.07) is 21.8. The molecule has 0 spiro atoms. The van der Waals surface area contributed by atoms with Gasteiger partial charge in [-0.1, -0.05) is 65.7 Å². The minimum absolute atomic E-state index is 0.0273. The minimum Gasteiger partial charge on any atom is -0.367 e. The number of sulfonamides is 1. The van der Waals surface area contributed by atoms with Crippen molar-refractivity contribution in [3.05, 3.63) is 99.7 Å². The van der Waals surface area contributed by atoms with Gasteiger partial charge in [-0.25, -0.2) is 0 Å². The molecule has 10 heteroatoms. The third kappa shape index (κ3) is 5.90. The first kappa shape index (κ1) is 25.3. The molecule has 0 saturated carbocycles. The highest BCUT2D eigenvalue weighted by molar-refractivity contribution is 7.99. The van der Waals surface area contributed by atoms with Crippen LogP contribution in [0, 0.1) is 13.8 Å². The molecule has 0 bridgehead atoms. The van der Waals surface area contributed by atoms with Crippen molar-refractivity contribution in [3.8, 4) is 11.3 Å². The van der Waals surface area contributed by atoms with E-state index in [1.54, 1.807) is 26.0 Å². The maximum atomic E-state index is 13.4. The van der Waals surface area contributed by atoms with Crippen molar-refractivity contribution >= 4 is 50.9 Å². The van der Waals surface area contributed by atoms with Gasteiger partial charge in [-0.15, -0.1) is 16.2 Å². The Hall–Kier alpha value is -2.78. The van der Waals surface area contributed by atoms with E-state index in [2.05, 4.69) is 9.50 Å². The summed E-state index contributed by atoms with van der Waals surface area (Å²) in [7, 11) is -4.18. The molecule has 0 aliphatic heterocycles. The molecule has 180 valence electrons. The van der Waals surface area contributed by atoms with Gasteiger partial charge in [-0.3, -0.25) is 0 Å². The Bertz CT molecular complexity index is 1520. The Morgan fingerprint density at radius 1 is 1.03 bits per heavy atom. The van der Waals surface area contributed by atoms with Gasteiger partial charge in [-0.05, 0) is 55.3 Å². The zero-order valence-corrected chi connectivity index (χ0v) is 22.1. The molecule has 1 heterocycles. The van der Waals surface area contributed by atoms with Crippen LogP contribution >= 0.6 is 35.0 Å². The Morgan fingerprint density at radius 3 is 2.49 bits per heavy atom. The summed E-state index contributed by atoms with van der Waals surface area (Å²) in [6.07, 6.45) is 0. The van der Waals surface area contributed by atoms with Crippen LogP contribution in [0.15, 0.2) is 87.0 Å². The van der Waals surface area contributed by atoms with Gasteiger partial charge in [0.2, 0.25) is 5.96 Å². The quantitative estimate of drug-likeness (QED) is 0.174. The van der Waals surface area contributed by atoms with E-state index in [1.807, 2.05) is 54.6 Å². The van der Waals surface area contributed by atoms with Crippen molar-refractivity contribution in [1.29, 1.82) is 0 Å². The Balaban J connectivity index is 1.73. The lowest BCUT2D eigenvalue weighted by molar-refractivity contribution is 0.595. The molecule has 0 fully saturated rings. The highest BCUT2D eigenvalue weighted by Gasteiger charge is 2.22. The lowest BCUT2D eigenvalue weighted by Gasteiger charge is -2.12. The Kier molecular flexibility index (Phi) is 7.56. The largest absolute Gasteiger partial charge is 0.367 e. The van der Waals surface area contributed by atoms with Gasteiger partial charge in [0.1, 0.15) is 4.90 Å². The Morgan fingerprint density at radius 2 is 1.77 bits per heavy atom. The van der Waals surface area contributed by atoms with Crippen LogP contribution in [0.5, 0.6) is 0 Å². The van der Waals surface area contributed by atoms with Crippen LogP contribution in [0.1, 0.15) is 16.8 Å². The molecule has 35 heavy (non-hydrogen) atoms. The topological polar surface area (TPSA) is 90.3 Å². The van der Waals surface area contributed by atoms with Gasteiger partial charge in [0.15, 0.2) is 0 Å². The smallest absolute Gasteiger partial charge is 0.286 e. The van der Waals surface area contributed by atoms with E-state index in [1.165, 1.54) is 22.5 Å². The van der Waals surface area contributed by atoms with E-state index < -0.39 is 10.0 Å². The second-order valence-electron chi connectivity index (χ2n) is 7.84. The van der Waals surface area contributed by atoms with Crippen molar-refractivity contribution < 1.29 is 8.42 Å². The number of halogens is 2. The molecular weight excluding hydrogens is 523 g/mol. The molecule has 0 radical (unpaired) electrons. The van der Waals surface area contributed by atoms with E-state index in [9.17, 15) is 8.42 Å². The van der Waals surface area contributed by atoms with Crippen LogP contribution in [0.2, 0.25) is 10.0 Å². The molecule has 2 N–H and O–H groups in total. The standard InChI is InChI=1S/C25H22Cl2N4O2S2/c1-16-11-24(23(14-21(16)27)34-15-18-7-6-10-20(26)13-18)35(32,33)30-25(28)31-22(12-17(2)29-31)19-8-4-3-5-9-19/h3-14H,15H2,1-2H3,(H2,28,30). The summed E-state index contributed by atoms with van der Waals surface area (Å²) in [6.45, 7) is 3.54. The monoisotopic (exact) mass is 544 g/mol. The fourth-order valence-corrected chi connectivity index (χ4v) is 6.34. The van der Waals surface area contributed by atoms with E-state index in [0.29, 0.717) is 37.6 Å². The highest BCUT2D eigenvalue weighted by Crippen LogP contribution is 2.35. The predicted molar refractivity (Wildman–Crippen MR) is 144 cm³/mol. The number of hydrogen-bond donors (Lipinski definition) is 1. The third-order valence-electron chi connectivity index (χ3n) is 5.12. The zero-order valence-electron chi connectivity index (χ0n) is 18.9. The van der Waals surface area contributed by atoms with Gasteiger partial charge in [0.25, 0.3) is 10.0 Å². The number of benzene rings is 3. The number of rotatable bonds is 6. The number of aromatic nitrogens is 2. The lowest BCUT2D eigenvalue weighted by atomic mass is 10.1. The molecule has 0 aliphatic rings. The molecule has 0 saturated heterocycles. The summed E-state index contributed by atoms with van der Waals surface area (Å²) in [5.74, 6) is 0.244. The molecule has 4 rings (SSSR count). The number of thioether (sulfide) groups is 1. The van der Waals surface area contributed by atoms with Crippen molar-refractivity contribution in [3.63, 3.8) is 0 Å². The second kappa shape index (κ2) is 10.5. The molecule has 0 atom stereocenters. The maximum Gasteiger partial charge on any atom is 0.286 e. The summed E-state index contributed by atoms with van der Waals surface area (Å²) in [5.41, 5.74) is 9.92. The summed E-state index contributed by atoms with van der Waals surface area (Å²) in [5, 5.41) is 5.43. The van der Waals surface area contributed by atoms with Crippen LogP contribution in [0.25, 0.3) is 11.3 Å². The predicted octanol–water partition coefficient (Wildman–Crippen LogP) is 6.32. The van der Waals surface area contributed by atoms with Crippen molar-refractivity contribution in [2.45, 2.75) is 29.4 Å². The average Bonchev–Trinajstić information content (AvgIpc) is 3.22. The molecule has 0 unspecified atom stereocenters. The molecule has 0 aliphatic carbocycles. The van der Waals surface area contributed by atoms with Crippen LogP contribution in [-0.4, -0.2) is 24.2 Å². The first-order valence-electron chi connectivity index (χ1n) is 10.5. The molecule has 0 amide bonds. The molecule has 6 nitrogen and oxygen atoms in total. The Labute approximate surface area is 218 Å². The second-order valence-corrected chi connectivity index (χ2v) is 11.3. The van der Waals surface area contributed by atoms with E-state index in [-0.39, 0.29) is 10.9 Å². The number of nitrogens with two attached hydrogens (primary N) is 1. The highest BCUT2D eigenvalue weighted by atomic mass is 35.5. The van der Waals surface area contributed by atoms with Gasteiger partial charge < -0.3 is 5.73 Å². The molecule has 1 aromatic heterocycles.